The van der Waals surface area contributed by atoms with Gasteiger partial charge in [-0.25, -0.2) is 0 Å². The number of rotatable bonds is 5. The van der Waals surface area contributed by atoms with Crippen LogP contribution in [0.3, 0.4) is 0 Å². The molecule has 2 saturated carbocycles. The molecule has 1 aromatic rings. The van der Waals surface area contributed by atoms with Crippen molar-refractivity contribution in [3.63, 3.8) is 0 Å². The second-order valence-electron chi connectivity index (χ2n) is 6.22. The molecule has 1 heterocycles. The summed E-state index contributed by atoms with van der Waals surface area (Å²) in [5, 5.41) is 3.29. The van der Waals surface area contributed by atoms with Gasteiger partial charge < -0.3 is 9.88 Å². The number of aromatic nitrogens is 1. The molecule has 0 saturated heterocycles. The molecule has 0 aromatic carbocycles. The van der Waals surface area contributed by atoms with Gasteiger partial charge in [0.15, 0.2) is 0 Å². The molecule has 1 N–H and O–H groups in total. The van der Waals surface area contributed by atoms with Crippen LogP contribution in [0.1, 0.15) is 56.1 Å². The van der Waals surface area contributed by atoms with Gasteiger partial charge in [0.25, 0.3) is 5.91 Å². The lowest BCUT2D eigenvalue weighted by Crippen LogP contribution is -2.39. The van der Waals surface area contributed by atoms with Gasteiger partial charge in [-0.05, 0) is 73.4 Å². The largest absolute Gasteiger partial charge is 0.347 e. The van der Waals surface area contributed by atoms with Crippen LogP contribution in [0, 0.1) is 11.8 Å². The van der Waals surface area contributed by atoms with E-state index in [1.807, 2.05) is 16.8 Å². The molecule has 2 aliphatic carbocycles. The minimum atomic E-state index is 0.0863. The normalized spacial score (nSPS) is 19.2. The SMILES string of the molecule is CC(C)n1cc(Br)cc1C(=O)NC(C1CC1)C1CC1. The van der Waals surface area contributed by atoms with Gasteiger partial charge in [-0.1, -0.05) is 0 Å². The highest BCUT2D eigenvalue weighted by Gasteiger charge is 2.42. The Balaban J connectivity index is 1.75. The minimum absolute atomic E-state index is 0.0863. The molecule has 0 radical (unpaired) electrons. The molecule has 0 atom stereocenters. The van der Waals surface area contributed by atoms with Crippen LogP contribution in [0.15, 0.2) is 16.7 Å². The summed E-state index contributed by atoms with van der Waals surface area (Å²) in [7, 11) is 0. The number of nitrogens with one attached hydrogen (secondary N) is 1. The fraction of sp³-hybridized carbons (Fsp3) is 0.667. The molecule has 19 heavy (non-hydrogen) atoms. The Bertz CT molecular complexity index is 474. The van der Waals surface area contributed by atoms with Crippen molar-refractivity contribution in [1.29, 1.82) is 0 Å². The molecule has 0 bridgehead atoms. The molecule has 0 spiro atoms. The Morgan fingerprint density at radius 3 is 2.37 bits per heavy atom. The molecule has 3 nitrogen and oxygen atoms in total. The van der Waals surface area contributed by atoms with Crippen LogP contribution in [-0.4, -0.2) is 16.5 Å². The maximum Gasteiger partial charge on any atom is 0.268 e. The first-order valence-electron chi connectivity index (χ1n) is 7.24. The molecule has 1 amide bonds. The van der Waals surface area contributed by atoms with Crippen LogP contribution in [-0.2, 0) is 0 Å². The number of hydrogen-bond acceptors (Lipinski definition) is 1. The van der Waals surface area contributed by atoms with E-state index in [1.54, 1.807) is 0 Å². The van der Waals surface area contributed by atoms with Gasteiger partial charge in [0.05, 0.1) is 0 Å². The summed E-state index contributed by atoms with van der Waals surface area (Å²) in [5.74, 6) is 1.56. The average Bonchev–Trinajstić information content (AvgIpc) is 3.23. The van der Waals surface area contributed by atoms with E-state index in [2.05, 4.69) is 35.1 Å². The summed E-state index contributed by atoms with van der Waals surface area (Å²) >= 11 is 3.47. The predicted molar refractivity (Wildman–Crippen MR) is 79.2 cm³/mol. The number of carbonyl (C=O) groups excluding carboxylic acids is 1. The number of nitrogens with zero attached hydrogens (tertiary/aromatic N) is 1. The first-order valence-corrected chi connectivity index (χ1v) is 8.04. The van der Waals surface area contributed by atoms with Gasteiger partial charge in [0, 0.05) is 22.8 Å². The van der Waals surface area contributed by atoms with Gasteiger partial charge in [-0.3, -0.25) is 4.79 Å². The number of hydrogen-bond donors (Lipinski definition) is 1. The molecular formula is C15H21BrN2O. The molecule has 104 valence electrons. The van der Waals surface area contributed by atoms with E-state index in [0.29, 0.717) is 12.1 Å². The van der Waals surface area contributed by atoms with Crippen LogP contribution < -0.4 is 5.32 Å². The summed E-state index contributed by atoms with van der Waals surface area (Å²) in [4.78, 5) is 12.5. The summed E-state index contributed by atoms with van der Waals surface area (Å²) in [6.07, 6.45) is 7.14. The van der Waals surface area contributed by atoms with Crippen molar-refractivity contribution < 1.29 is 4.79 Å². The van der Waals surface area contributed by atoms with Crippen LogP contribution >= 0.6 is 15.9 Å². The first kappa shape index (κ1) is 13.2. The standard InChI is InChI=1S/C15H21BrN2O/c1-9(2)18-8-12(16)7-13(18)15(19)17-14(10-3-4-10)11-5-6-11/h7-11,14H,3-6H2,1-2H3,(H,17,19). The summed E-state index contributed by atoms with van der Waals surface area (Å²) < 4.78 is 3.01. The number of halogens is 1. The fourth-order valence-corrected chi connectivity index (χ4v) is 3.25. The fourth-order valence-electron chi connectivity index (χ4n) is 2.81. The molecule has 3 rings (SSSR count). The van der Waals surface area contributed by atoms with Crippen molar-refractivity contribution in [2.75, 3.05) is 0 Å². The van der Waals surface area contributed by atoms with E-state index in [-0.39, 0.29) is 5.91 Å². The lowest BCUT2D eigenvalue weighted by atomic mass is 10.1. The lowest BCUT2D eigenvalue weighted by Gasteiger charge is -2.19. The van der Waals surface area contributed by atoms with E-state index in [9.17, 15) is 4.79 Å². The van der Waals surface area contributed by atoms with Gasteiger partial charge in [-0.2, -0.15) is 0 Å². The van der Waals surface area contributed by atoms with E-state index in [0.717, 1.165) is 22.0 Å². The highest BCUT2D eigenvalue weighted by Crippen LogP contribution is 2.44. The monoisotopic (exact) mass is 324 g/mol. The highest BCUT2D eigenvalue weighted by molar-refractivity contribution is 9.10. The lowest BCUT2D eigenvalue weighted by molar-refractivity contribution is 0.0915. The third-order valence-corrected chi connectivity index (χ3v) is 4.60. The average molecular weight is 325 g/mol. The maximum atomic E-state index is 12.5. The van der Waals surface area contributed by atoms with Crippen molar-refractivity contribution in [2.45, 2.75) is 51.6 Å². The van der Waals surface area contributed by atoms with Gasteiger partial charge in [0.1, 0.15) is 5.69 Å². The maximum absolute atomic E-state index is 12.5. The van der Waals surface area contributed by atoms with Crippen molar-refractivity contribution in [3.05, 3.63) is 22.4 Å². The smallest absolute Gasteiger partial charge is 0.268 e. The predicted octanol–water partition coefficient (Wildman–Crippen LogP) is 3.75. The quantitative estimate of drug-likeness (QED) is 0.879. The van der Waals surface area contributed by atoms with Crippen LogP contribution in [0.25, 0.3) is 0 Å². The second kappa shape index (κ2) is 4.97. The zero-order valence-corrected chi connectivity index (χ0v) is 13.1. The summed E-state index contributed by atoms with van der Waals surface area (Å²) in [6, 6.07) is 2.64. The van der Waals surface area contributed by atoms with E-state index >= 15 is 0 Å². The van der Waals surface area contributed by atoms with Crippen LogP contribution in [0.2, 0.25) is 0 Å². The molecular weight excluding hydrogens is 304 g/mol. The molecule has 0 aliphatic heterocycles. The minimum Gasteiger partial charge on any atom is -0.347 e. The zero-order chi connectivity index (χ0) is 13.6. The van der Waals surface area contributed by atoms with Crippen LogP contribution in [0.5, 0.6) is 0 Å². The Morgan fingerprint density at radius 2 is 1.89 bits per heavy atom. The van der Waals surface area contributed by atoms with E-state index in [4.69, 9.17) is 0 Å². The van der Waals surface area contributed by atoms with Crippen molar-refractivity contribution in [1.82, 2.24) is 9.88 Å². The summed E-state index contributed by atoms with van der Waals surface area (Å²) in [6.45, 7) is 4.20. The Kier molecular flexibility index (Phi) is 3.46. The molecule has 2 aliphatic rings. The second-order valence-corrected chi connectivity index (χ2v) is 7.13. The van der Waals surface area contributed by atoms with Crippen LogP contribution in [0.4, 0.5) is 0 Å². The van der Waals surface area contributed by atoms with Gasteiger partial charge in [-0.15, -0.1) is 0 Å². The number of carbonyl (C=O) groups is 1. The van der Waals surface area contributed by atoms with Gasteiger partial charge >= 0.3 is 0 Å². The van der Waals surface area contributed by atoms with Crippen molar-refractivity contribution >= 4 is 21.8 Å². The molecule has 4 heteroatoms. The third-order valence-electron chi connectivity index (χ3n) is 4.16. The van der Waals surface area contributed by atoms with Gasteiger partial charge in [0.2, 0.25) is 0 Å². The first-order chi connectivity index (χ1) is 9.06. The Morgan fingerprint density at radius 1 is 1.32 bits per heavy atom. The van der Waals surface area contributed by atoms with E-state index in [1.165, 1.54) is 25.7 Å². The topological polar surface area (TPSA) is 34.0 Å². The van der Waals surface area contributed by atoms with Crippen molar-refractivity contribution in [3.8, 4) is 0 Å². The zero-order valence-electron chi connectivity index (χ0n) is 11.5. The summed E-state index contributed by atoms with van der Waals surface area (Å²) in [5.41, 5.74) is 0.771. The molecule has 2 fully saturated rings. The van der Waals surface area contributed by atoms with Crippen molar-refractivity contribution in [2.24, 2.45) is 11.8 Å². The number of amides is 1. The molecule has 0 unspecified atom stereocenters. The van der Waals surface area contributed by atoms with E-state index < -0.39 is 0 Å². The molecule has 1 aromatic heterocycles. The highest BCUT2D eigenvalue weighted by atomic mass is 79.9. The Labute approximate surface area is 122 Å². The Hall–Kier alpha value is -0.770. The third kappa shape index (κ3) is 2.88.